The van der Waals surface area contributed by atoms with Crippen LogP contribution in [0.3, 0.4) is 0 Å². The zero-order chi connectivity index (χ0) is 19.1. The van der Waals surface area contributed by atoms with E-state index in [4.69, 9.17) is 4.74 Å². The molecule has 0 aliphatic rings. The molecule has 0 radical (unpaired) electrons. The monoisotopic (exact) mass is 395 g/mol. The van der Waals surface area contributed by atoms with E-state index in [0.717, 1.165) is 16.6 Å². The number of thiol groups is 1. The normalized spacial score (nSPS) is 11.2. The molecule has 0 fully saturated rings. The quantitative estimate of drug-likeness (QED) is 0.295. The van der Waals surface area contributed by atoms with E-state index in [1.54, 1.807) is 19.1 Å². The minimum Gasteiger partial charge on any atom is -0.462 e. The summed E-state index contributed by atoms with van der Waals surface area (Å²) < 4.78 is 7.91. The summed E-state index contributed by atoms with van der Waals surface area (Å²) in [5.74, 6) is -0.548. The number of rotatable bonds is 4. The first-order chi connectivity index (χ1) is 13.0. The van der Waals surface area contributed by atoms with Gasteiger partial charge in [-0.2, -0.15) is 0 Å². The van der Waals surface area contributed by atoms with Crippen LogP contribution in [0.5, 0.6) is 0 Å². The van der Waals surface area contributed by atoms with E-state index in [1.165, 1.54) is 11.3 Å². The van der Waals surface area contributed by atoms with E-state index in [2.05, 4.69) is 12.6 Å². The Morgan fingerprint density at radius 3 is 2.63 bits per heavy atom. The van der Waals surface area contributed by atoms with Crippen LogP contribution in [-0.2, 0) is 4.74 Å². The number of benzene rings is 1. The van der Waals surface area contributed by atoms with Crippen LogP contribution in [0.15, 0.2) is 52.9 Å². The molecule has 0 unspecified atom stereocenters. The third kappa shape index (κ3) is 2.85. The summed E-state index contributed by atoms with van der Waals surface area (Å²) >= 11 is 5.90. The molecule has 136 valence electrons. The number of hydrogen-bond acceptors (Lipinski definition) is 5. The number of pyridine rings is 1. The van der Waals surface area contributed by atoms with Gasteiger partial charge in [0.2, 0.25) is 5.78 Å². The molecule has 27 heavy (non-hydrogen) atoms. The third-order valence-corrected chi connectivity index (χ3v) is 5.91. The predicted octanol–water partition coefficient (Wildman–Crippen LogP) is 5.16. The summed E-state index contributed by atoms with van der Waals surface area (Å²) in [7, 11) is 0. The van der Waals surface area contributed by atoms with Gasteiger partial charge in [0.05, 0.1) is 32.3 Å². The number of ether oxygens (including phenoxy) is 1. The highest BCUT2D eigenvalue weighted by Crippen LogP contribution is 2.41. The zero-order valence-corrected chi connectivity index (χ0v) is 16.6. The number of hydrogen-bond donors (Lipinski definition) is 1. The van der Waals surface area contributed by atoms with E-state index in [9.17, 15) is 9.59 Å². The van der Waals surface area contributed by atoms with Gasteiger partial charge in [0.25, 0.3) is 0 Å². The average Bonchev–Trinajstić information content (AvgIpc) is 3.17. The molecule has 0 amide bonds. The summed E-state index contributed by atoms with van der Waals surface area (Å²) in [5.41, 5.74) is 3.51. The van der Waals surface area contributed by atoms with E-state index >= 15 is 0 Å². The lowest BCUT2D eigenvalue weighted by Gasteiger charge is -2.04. The third-order valence-electron chi connectivity index (χ3n) is 4.44. The minimum atomic E-state index is -0.427. The smallest absolute Gasteiger partial charge is 0.341 e. The molecule has 3 aromatic heterocycles. The van der Waals surface area contributed by atoms with Crippen LogP contribution in [0.25, 0.3) is 16.4 Å². The molecular weight excluding hydrogens is 378 g/mol. The molecule has 0 spiro atoms. The van der Waals surface area contributed by atoms with Gasteiger partial charge in [0.15, 0.2) is 0 Å². The molecule has 4 nitrogen and oxygen atoms in total. The van der Waals surface area contributed by atoms with Crippen molar-refractivity contribution < 1.29 is 14.3 Å². The lowest BCUT2D eigenvalue weighted by molar-refractivity contribution is 0.0531. The number of aryl methyl sites for hydroxylation is 1. The lowest BCUT2D eigenvalue weighted by atomic mass is 10.1. The maximum Gasteiger partial charge on any atom is 0.341 e. The molecule has 3 heterocycles. The van der Waals surface area contributed by atoms with Crippen molar-refractivity contribution in [3.05, 3.63) is 70.2 Å². The summed E-state index contributed by atoms with van der Waals surface area (Å²) in [4.78, 5) is 26.5. The molecule has 0 atom stereocenters. The molecule has 4 rings (SSSR count). The van der Waals surface area contributed by atoms with Crippen molar-refractivity contribution in [3.8, 4) is 0 Å². The van der Waals surface area contributed by atoms with E-state index in [0.29, 0.717) is 25.6 Å². The maximum atomic E-state index is 13.2. The second-order valence-corrected chi connectivity index (χ2v) is 7.98. The van der Waals surface area contributed by atoms with E-state index < -0.39 is 5.97 Å². The molecule has 0 aliphatic heterocycles. The Labute approximate surface area is 165 Å². The highest BCUT2D eigenvalue weighted by Gasteiger charge is 2.28. The summed E-state index contributed by atoms with van der Waals surface area (Å²) in [6.45, 7) is 4.00. The van der Waals surface area contributed by atoms with Gasteiger partial charge in [-0.05, 0) is 31.5 Å². The van der Waals surface area contributed by atoms with Crippen LogP contribution in [0, 0.1) is 6.92 Å². The van der Waals surface area contributed by atoms with Crippen molar-refractivity contribution in [2.24, 2.45) is 0 Å². The van der Waals surface area contributed by atoms with Crippen molar-refractivity contribution in [2.45, 2.75) is 18.1 Å². The average molecular weight is 396 g/mol. The Morgan fingerprint density at radius 2 is 1.93 bits per heavy atom. The number of nitrogens with zero attached hydrogens (tertiary/aromatic N) is 1. The second-order valence-electron chi connectivity index (χ2n) is 6.21. The Morgan fingerprint density at radius 1 is 1.19 bits per heavy atom. The first kappa shape index (κ1) is 17.8. The first-order valence-electron chi connectivity index (χ1n) is 8.56. The molecule has 0 aliphatic carbocycles. The molecule has 0 N–H and O–H groups in total. The fraction of sp³-hybridized carbons (Fsp3) is 0.143. The van der Waals surface area contributed by atoms with E-state index in [1.807, 2.05) is 47.9 Å². The standard InChI is InChI=1S/C21H17NO3S2/c1-3-25-20(24)15-14-11-12(2)9-10-22(14)17-16(15)19(27-21(17)26)18(23)13-7-5-4-6-8-13/h4-11,26H,3H2,1-2H3. The van der Waals surface area contributed by atoms with Gasteiger partial charge >= 0.3 is 5.97 Å². The Kier molecular flexibility index (Phi) is 4.53. The van der Waals surface area contributed by atoms with Crippen LogP contribution in [-0.4, -0.2) is 22.8 Å². The van der Waals surface area contributed by atoms with Crippen LogP contribution in [0.4, 0.5) is 0 Å². The van der Waals surface area contributed by atoms with Crippen LogP contribution < -0.4 is 0 Å². The molecule has 0 saturated heterocycles. The number of esters is 1. The summed E-state index contributed by atoms with van der Waals surface area (Å²) in [5, 5.41) is 0.614. The van der Waals surface area contributed by atoms with Crippen LogP contribution >= 0.6 is 24.0 Å². The summed E-state index contributed by atoms with van der Waals surface area (Å²) in [6, 6.07) is 13.0. The topological polar surface area (TPSA) is 47.8 Å². The zero-order valence-electron chi connectivity index (χ0n) is 14.9. The predicted molar refractivity (Wildman–Crippen MR) is 111 cm³/mol. The number of fused-ring (bicyclic) bond motifs is 3. The van der Waals surface area contributed by atoms with Crippen LogP contribution in [0.2, 0.25) is 0 Å². The Bertz CT molecular complexity index is 1190. The minimum absolute atomic E-state index is 0.121. The van der Waals surface area contributed by atoms with Crippen molar-refractivity contribution >= 4 is 52.1 Å². The number of ketones is 1. The molecular formula is C21H17NO3S2. The molecule has 4 aromatic rings. The molecule has 6 heteroatoms. The summed E-state index contributed by atoms with van der Waals surface area (Å²) in [6.07, 6.45) is 1.90. The van der Waals surface area contributed by atoms with Gasteiger partial charge in [-0.15, -0.1) is 24.0 Å². The highest BCUT2D eigenvalue weighted by molar-refractivity contribution is 7.83. The molecule has 0 saturated carbocycles. The highest BCUT2D eigenvalue weighted by atomic mass is 32.2. The van der Waals surface area contributed by atoms with Crippen molar-refractivity contribution in [1.29, 1.82) is 0 Å². The number of carbonyl (C=O) groups excluding carboxylic acids is 2. The van der Waals surface area contributed by atoms with Gasteiger partial charge in [-0.25, -0.2) is 4.79 Å². The fourth-order valence-corrected chi connectivity index (χ4v) is 4.77. The van der Waals surface area contributed by atoms with Gasteiger partial charge in [-0.3, -0.25) is 4.79 Å². The SMILES string of the molecule is CCOC(=O)c1c2c(C(=O)c3ccccc3)sc(S)c2n2ccc(C)cc12. The number of carbonyl (C=O) groups is 2. The number of aromatic nitrogens is 1. The fourth-order valence-electron chi connectivity index (χ4n) is 3.28. The first-order valence-corrected chi connectivity index (χ1v) is 9.82. The largest absolute Gasteiger partial charge is 0.462 e. The second kappa shape index (κ2) is 6.87. The van der Waals surface area contributed by atoms with Crippen molar-refractivity contribution in [1.82, 2.24) is 4.40 Å². The molecule has 1 aromatic carbocycles. The van der Waals surface area contributed by atoms with Gasteiger partial charge in [0.1, 0.15) is 0 Å². The molecule has 0 bridgehead atoms. The van der Waals surface area contributed by atoms with Gasteiger partial charge < -0.3 is 9.14 Å². The van der Waals surface area contributed by atoms with Gasteiger partial charge in [0, 0.05) is 17.1 Å². The lowest BCUT2D eigenvalue weighted by Crippen LogP contribution is -2.06. The van der Waals surface area contributed by atoms with Crippen molar-refractivity contribution in [2.75, 3.05) is 6.61 Å². The van der Waals surface area contributed by atoms with Gasteiger partial charge in [-0.1, -0.05) is 30.3 Å². The van der Waals surface area contributed by atoms with Crippen LogP contribution in [0.1, 0.15) is 38.1 Å². The van der Waals surface area contributed by atoms with Crippen molar-refractivity contribution in [3.63, 3.8) is 0 Å². The Hall–Kier alpha value is -2.57. The van der Waals surface area contributed by atoms with E-state index in [-0.39, 0.29) is 12.4 Å². The maximum absolute atomic E-state index is 13.2. The Balaban J connectivity index is 2.09. The number of thiophene rings is 1.